The van der Waals surface area contributed by atoms with Gasteiger partial charge >= 0.3 is 19.8 Å². The highest BCUT2D eigenvalue weighted by Gasteiger charge is 2.23. The van der Waals surface area contributed by atoms with Crippen molar-refractivity contribution >= 4 is 19.8 Å². The van der Waals surface area contributed by atoms with Gasteiger partial charge in [0.2, 0.25) is 0 Å². The molecule has 0 rings (SSSR count). The summed E-state index contributed by atoms with van der Waals surface area (Å²) in [5.41, 5.74) is 0. The summed E-state index contributed by atoms with van der Waals surface area (Å²) in [5, 5.41) is 0. The molecule has 0 bridgehead atoms. The summed E-state index contributed by atoms with van der Waals surface area (Å²) < 4.78 is 26.5. The lowest BCUT2D eigenvalue weighted by Crippen LogP contribution is -2.29. The topological polar surface area (TPSA) is 119 Å². The highest BCUT2D eigenvalue weighted by molar-refractivity contribution is 7.46. The van der Waals surface area contributed by atoms with Crippen LogP contribution in [0.5, 0.6) is 0 Å². The van der Waals surface area contributed by atoms with Crippen LogP contribution >= 0.6 is 7.82 Å². The van der Waals surface area contributed by atoms with Gasteiger partial charge in [-0.3, -0.25) is 14.1 Å². The van der Waals surface area contributed by atoms with E-state index in [-0.39, 0.29) is 19.4 Å². The van der Waals surface area contributed by atoms with Crippen molar-refractivity contribution in [1.29, 1.82) is 0 Å². The summed E-state index contributed by atoms with van der Waals surface area (Å²) in [5.74, 6) is -0.863. The number of rotatable bonds is 44. The molecule has 1 atom stereocenters. The Morgan fingerprint density at radius 2 is 0.667 bits per heavy atom. The minimum Gasteiger partial charge on any atom is -0.462 e. The molecule has 0 fully saturated rings. The average molecular weight is 789 g/mol. The zero-order chi connectivity index (χ0) is 39.6. The predicted octanol–water partition coefficient (Wildman–Crippen LogP) is 14.4. The van der Waals surface area contributed by atoms with Crippen molar-refractivity contribution in [3.8, 4) is 0 Å². The van der Waals surface area contributed by atoms with Crippen LogP contribution in [-0.4, -0.2) is 41.0 Å². The molecule has 0 aliphatic heterocycles. The van der Waals surface area contributed by atoms with E-state index in [2.05, 4.69) is 18.4 Å². The van der Waals surface area contributed by atoms with Crippen LogP contribution in [0.4, 0.5) is 0 Å². The van der Waals surface area contributed by atoms with Crippen molar-refractivity contribution in [1.82, 2.24) is 0 Å². The van der Waals surface area contributed by atoms with Gasteiger partial charge in [0, 0.05) is 12.8 Å². The van der Waals surface area contributed by atoms with E-state index in [1.54, 1.807) is 0 Å². The number of hydrogen-bond acceptors (Lipinski definition) is 6. The maximum Gasteiger partial charge on any atom is 0.469 e. The van der Waals surface area contributed by atoms with Gasteiger partial charge in [0.1, 0.15) is 6.61 Å². The first-order valence-electron chi connectivity index (χ1n) is 23.3. The van der Waals surface area contributed by atoms with E-state index in [1.807, 2.05) is 0 Å². The Morgan fingerprint density at radius 1 is 0.407 bits per heavy atom. The maximum atomic E-state index is 12.4. The smallest absolute Gasteiger partial charge is 0.462 e. The van der Waals surface area contributed by atoms with Gasteiger partial charge in [-0.25, -0.2) is 4.57 Å². The van der Waals surface area contributed by atoms with E-state index in [9.17, 15) is 14.2 Å². The van der Waals surface area contributed by atoms with Crippen LogP contribution in [0.1, 0.15) is 258 Å². The number of carbonyl (C=O) groups excluding carboxylic acids is 2. The molecular weight excluding hydrogens is 699 g/mol. The third-order valence-electron chi connectivity index (χ3n) is 10.6. The van der Waals surface area contributed by atoms with Crippen LogP contribution in [-0.2, 0) is 28.2 Å². The molecule has 0 aromatic heterocycles. The molecule has 0 saturated carbocycles. The van der Waals surface area contributed by atoms with Crippen LogP contribution in [0, 0.1) is 0 Å². The molecule has 0 aromatic rings. The minimum atomic E-state index is -4.75. The summed E-state index contributed by atoms with van der Waals surface area (Å²) in [7, 11) is -4.75. The molecule has 0 spiro atoms. The van der Waals surface area contributed by atoms with E-state index in [4.69, 9.17) is 19.3 Å². The third kappa shape index (κ3) is 43.8. The SMILES string of the molecule is CCCCCCCCCCCCCCCCCCCCC(=O)OCC(COP(=O)(O)O)OC(=O)CCCCCCCCCCCCCCCCCCCC. The molecule has 0 aromatic carbocycles. The number of esters is 2. The lowest BCUT2D eigenvalue weighted by Gasteiger charge is -2.18. The molecule has 54 heavy (non-hydrogen) atoms. The first-order chi connectivity index (χ1) is 26.3. The molecule has 0 aliphatic carbocycles. The number of unbranched alkanes of at least 4 members (excludes halogenated alkanes) is 34. The van der Waals surface area contributed by atoms with Crippen molar-refractivity contribution in [3.05, 3.63) is 0 Å². The van der Waals surface area contributed by atoms with Crippen LogP contribution < -0.4 is 0 Å². The Morgan fingerprint density at radius 3 is 0.944 bits per heavy atom. The lowest BCUT2D eigenvalue weighted by molar-refractivity contribution is -0.161. The van der Waals surface area contributed by atoms with Crippen molar-refractivity contribution in [2.24, 2.45) is 0 Å². The van der Waals surface area contributed by atoms with Gasteiger partial charge in [-0.1, -0.05) is 232 Å². The fraction of sp³-hybridized carbons (Fsp3) is 0.956. The molecule has 322 valence electrons. The number of hydrogen-bond donors (Lipinski definition) is 2. The first-order valence-corrected chi connectivity index (χ1v) is 24.9. The van der Waals surface area contributed by atoms with Gasteiger partial charge < -0.3 is 19.3 Å². The molecule has 0 heterocycles. The Kier molecular flexibility index (Phi) is 40.9. The Balaban J connectivity index is 3.80. The predicted molar refractivity (Wildman–Crippen MR) is 226 cm³/mol. The normalized spacial score (nSPS) is 12.3. The molecule has 0 radical (unpaired) electrons. The Labute approximate surface area is 334 Å². The van der Waals surface area contributed by atoms with Crippen molar-refractivity contribution in [3.63, 3.8) is 0 Å². The molecule has 9 heteroatoms. The van der Waals surface area contributed by atoms with E-state index in [0.717, 1.165) is 32.1 Å². The maximum absolute atomic E-state index is 12.4. The lowest BCUT2D eigenvalue weighted by atomic mass is 10.0. The zero-order valence-electron chi connectivity index (χ0n) is 35.7. The van der Waals surface area contributed by atoms with Gasteiger partial charge in [-0.2, -0.15) is 0 Å². The molecule has 2 N–H and O–H groups in total. The van der Waals surface area contributed by atoms with Crippen LogP contribution in [0.25, 0.3) is 0 Å². The highest BCUT2D eigenvalue weighted by Crippen LogP contribution is 2.36. The van der Waals surface area contributed by atoms with E-state index in [0.29, 0.717) is 6.42 Å². The standard InChI is InChI=1S/C45H89O8P/c1-3-5-7-9-11-13-15-17-19-21-23-25-27-29-31-33-35-37-39-44(46)51-41-43(42-52-54(48,49)50)53-45(47)40-38-36-34-32-30-28-26-24-22-20-18-16-14-12-10-8-6-4-2/h43H,3-42H2,1-2H3,(H2,48,49,50). The summed E-state index contributed by atoms with van der Waals surface area (Å²) in [4.78, 5) is 43.0. The van der Waals surface area contributed by atoms with Crippen molar-refractivity contribution < 1.29 is 37.9 Å². The number of phosphoric acid groups is 1. The first kappa shape index (κ1) is 53.0. The van der Waals surface area contributed by atoms with E-state index in [1.165, 1.54) is 193 Å². The summed E-state index contributed by atoms with van der Waals surface area (Å²) in [6.07, 6.45) is 45.4. The van der Waals surface area contributed by atoms with Crippen LogP contribution in [0.15, 0.2) is 0 Å². The molecule has 8 nitrogen and oxygen atoms in total. The fourth-order valence-electron chi connectivity index (χ4n) is 7.14. The largest absolute Gasteiger partial charge is 0.469 e. The van der Waals surface area contributed by atoms with E-state index >= 15 is 0 Å². The van der Waals surface area contributed by atoms with Crippen molar-refractivity contribution in [2.45, 2.75) is 264 Å². The zero-order valence-corrected chi connectivity index (χ0v) is 36.5. The molecule has 0 saturated heterocycles. The second kappa shape index (κ2) is 41.7. The second-order valence-electron chi connectivity index (χ2n) is 16.1. The number of phosphoric ester groups is 1. The molecular formula is C45H89O8P. The molecule has 0 amide bonds. The van der Waals surface area contributed by atoms with E-state index < -0.39 is 32.5 Å². The second-order valence-corrected chi connectivity index (χ2v) is 17.3. The van der Waals surface area contributed by atoms with Crippen LogP contribution in [0.2, 0.25) is 0 Å². The monoisotopic (exact) mass is 789 g/mol. The fourth-order valence-corrected chi connectivity index (χ4v) is 7.50. The van der Waals surface area contributed by atoms with Gasteiger partial charge in [0.05, 0.1) is 6.61 Å². The minimum absolute atomic E-state index is 0.221. The molecule has 0 aliphatic rings. The molecule has 1 unspecified atom stereocenters. The summed E-state index contributed by atoms with van der Waals surface area (Å²) in [6, 6.07) is 0. The van der Waals surface area contributed by atoms with Gasteiger partial charge in [0.15, 0.2) is 6.10 Å². The number of ether oxygens (including phenoxy) is 2. The third-order valence-corrected chi connectivity index (χ3v) is 11.1. The Hall–Kier alpha value is -0.950. The highest BCUT2D eigenvalue weighted by atomic mass is 31.2. The average Bonchev–Trinajstić information content (AvgIpc) is 3.14. The van der Waals surface area contributed by atoms with Crippen molar-refractivity contribution in [2.75, 3.05) is 13.2 Å². The quantitative estimate of drug-likeness (QED) is 0.0356. The van der Waals surface area contributed by atoms with Crippen LogP contribution in [0.3, 0.4) is 0 Å². The summed E-state index contributed by atoms with van der Waals surface area (Å²) in [6.45, 7) is 3.74. The van der Waals surface area contributed by atoms with Gasteiger partial charge in [-0.05, 0) is 12.8 Å². The Bertz CT molecular complexity index is 848. The number of carbonyl (C=O) groups is 2. The van der Waals surface area contributed by atoms with Gasteiger partial charge in [-0.15, -0.1) is 0 Å². The van der Waals surface area contributed by atoms with Gasteiger partial charge in [0.25, 0.3) is 0 Å². The summed E-state index contributed by atoms with van der Waals surface area (Å²) >= 11 is 0.